The van der Waals surface area contributed by atoms with Crippen molar-refractivity contribution in [2.24, 2.45) is 5.92 Å². The van der Waals surface area contributed by atoms with E-state index in [1.54, 1.807) is 0 Å². The normalized spacial score (nSPS) is 34.0. The van der Waals surface area contributed by atoms with Crippen LogP contribution in [-0.2, 0) is 4.74 Å². The minimum Gasteiger partial charge on any atom is -0.385 e. The van der Waals surface area contributed by atoms with Gasteiger partial charge in [0.1, 0.15) is 7.85 Å². The molecule has 0 aromatic heterocycles. The molecule has 0 amide bonds. The first-order chi connectivity index (χ1) is 5.22. The Morgan fingerprint density at radius 3 is 2.73 bits per heavy atom. The minimum absolute atomic E-state index is 0.0176. The van der Waals surface area contributed by atoms with E-state index < -0.39 is 0 Å². The van der Waals surface area contributed by atoms with E-state index in [0.29, 0.717) is 6.10 Å². The lowest BCUT2D eigenvalue weighted by molar-refractivity contribution is 0.0710. The zero-order valence-corrected chi connectivity index (χ0v) is 7.55. The molecule has 1 aliphatic rings. The quantitative estimate of drug-likeness (QED) is 0.562. The highest BCUT2D eigenvalue weighted by Gasteiger charge is 2.22. The summed E-state index contributed by atoms with van der Waals surface area (Å²) in [5, 5.41) is 0. The molecular formula is C9H17BO. The van der Waals surface area contributed by atoms with Gasteiger partial charge in [-0.05, 0) is 25.2 Å². The third-order valence-electron chi connectivity index (χ3n) is 2.50. The fourth-order valence-electron chi connectivity index (χ4n) is 1.52. The van der Waals surface area contributed by atoms with Gasteiger partial charge >= 0.3 is 0 Å². The van der Waals surface area contributed by atoms with Crippen LogP contribution in [0.2, 0.25) is 0 Å². The van der Waals surface area contributed by atoms with Gasteiger partial charge in [0.2, 0.25) is 0 Å². The zero-order chi connectivity index (χ0) is 8.27. The molecule has 1 rings (SSSR count). The molecule has 0 aliphatic carbocycles. The summed E-state index contributed by atoms with van der Waals surface area (Å²) in [5.74, 6) is 0.783. The van der Waals surface area contributed by atoms with E-state index in [9.17, 15) is 0 Å². The fourth-order valence-corrected chi connectivity index (χ4v) is 1.52. The minimum atomic E-state index is 0.0176. The third kappa shape index (κ3) is 2.86. The first-order valence-corrected chi connectivity index (χ1v) is 4.63. The summed E-state index contributed by atoms with van der Waals surface area (Å²) in [5.41, 5.74) is 0. The van der Waals surface area contributed by atoms with Crippen LogP contribution >= 0.6 is 0 Å². The maximum atomic E-state index is 5.62. The highest BCUT2D eigenvalue weighted by Crippen LogP contribution is 2.24. The first-order valence-electron chi connectivity index (χ1n) is 4.63. The topological polar surface area (TPSA) is 9.23 Å². The molecular weight excluding hydrogens is 135 g/mol. The second-order valence-electron chi connectivity index (χ2n) is 3.62. The van der Waals surface area contributed by atoms with E-state index in [-0.39, 0.29) is 6.00 Å². The van der Waals surface area contributed by atoms with Crippen LogP contribution in [0.5, 0.6) is 0 Å². The monoisotopic (exact) mass is 152 g/mol. The average Bonchev–Trinajstić information content (AvgIpc) is 2.35. The summed E-state index contributed by atoms with van der Waals surface area (Å²) in [6.45, 7) is 4.49. The molecule has 1 fully saturated rings. The Kier molecular flexibility index (Phi) is 3.44. The second kappa shape index (κ2) is 4.15. The Bertz CT molecular complexity index is 116. The number of hydrogen-bond acceptors (Lipinski definition) is 1. The van der Waals surface area contributed by atoms with E-state index in [1.807, 2.05) is 0 Å². The Hall–Kier alpha value is 0.0249. The molecule has 0 spiro atoms. The molecule has 2 heteroatoms. The van der Waals surface area contributed by atoms with Crippen molar-refractivity contribution in [2.75, 3.05) is 0 Å². The van der Waals surface area contributed by atoms with Crippen LogP contribution in [0, 0.1) is 5.92 Å². The Balaban J connectivity index is 2.17. The van der Waals surface area contributed by atoms with Crippen molar-refractivity contribution in [3.63, 3.8) is 0 Å². The van der Waals surface area contributed by atoms with Crippen LogP contribution < -0.4 is 0 Å². The summed E-state index contributed by atoms with van der Waals surface area (Å²) in [6, 6.07) is 0.0176. The van der Waals surface area contributed by atoms with Crippen molar-refractivity contribution in [2.45, 2.75) is 51.6 Å². The maximum absolute atomic E-state index is 5.62. The molecule has 2 radical (unpaired) electrons. The number of rotatable bonds is 3. The zero-order valence-electron chi connectivity index (χ0n) is 7.55. The van der Waals surface area contributed by atoms with Crippen LogP contribution in [0.15, 0.2) is 0 Å². The summed E-state index contributed by atoms with van der Waals surface area (Å²) >= 11 is 0. The van der Waals surface area contributed by atoms with Crippen molar-refractivity contribution in [1.82, 2.24) is 0 Å². The molecule has 1 saturated heterocycles. The van der Waals surface area contributed by atoms with E-state index in [1.165, 1.54) is 12.8 Å². The van der Waals surface area contributed by atoms with Gasteiger partial charge in [-0.15, -0.1) is 0 Å². The summed E-state index contributed by atoms with van der Waals surface area (Å²) in [4.78, 5) is 0. The molecule has 0 aromatic rings. The Morgan fingerprint density at radius 1 is 1.55 bits per heavy atom. The predicted octanol–water partition coefficient (Wildman–Crippen LogP) is 2.10. The van der Waals surface area contributed by atoms with Gasteiger partial charge in [0.15, 0.2) is 0 Å². The van der Waals surface area contributed by atoms with Crippen LogP contribution in [0.25, 0.3) is 0 Å². The molecule has 62 valence electrons. The molecule has 0 saturated carbocycles. The molecule has 1 nitrogen and oxygen atoms in total. The van der Waals surface area contributed by atoms with Gasteiger partial charge < -0.3 is 4.74 Å². The lowest BCUT2D eigenvalue weighted by Crippen LogP contribution is -2.13. The third-order valence-corrected chi connectivity index (χ3v) is 2.50. The van der Waals surface area contributed by atoms with Crippen molar-refractivity contribution in [1.29, 1.82) is 0 Å². The fraction of sp³-hybridized carbons (Fsp3) is 1.00. The van der Waals surface area contributed by atoms with Crippen LogP contribution in [-0.4, -0.2) is 20.0 Å². The van der Waals surface area contributed by atoms with Crippen LogP contribution in [0.4, 0.5) is 0 Å². The van der Waals surface area contributed by atoms with E-state index in [4.69, 9.17) is 12.6 Å². The molecule has 1 aliphatic heterocycles. The molecule has 3 atom stereocenters. The molecule has 0 aromatic carbocycles. The standard InChI is InChI=1S/C9H17BO/c1-3-7(2)6-8-4-5-9(10)11-8/h7-9H,3-6H2,1-2H3/t7?,8-,9+/m0/s1. The molecule has 1 unspecified atom stereocenters. The molecule has 0 N–H and O–H groups in total. The van der Waals surface area contributed by atoms with E-state index in [2.05, 4.69) is 13.8 Å². The molecule has 0 bridgehead atoms. The van der Waals surface area contributed by atoms with Gasteiger partial charge in [-0.3, -0.25) is 0 Å². The largest absolute Gasteiger partial charge is 0.385 e. The van der Waals surface area contributed by atoms with Crippen LogP contribution in [0.1, 0.15) is 39.5 Å². The lowest BCUT2D eigenvalue weighted by Gasteiger charge is -2.15. The molecule has 1 heterocycles. The van der Waals surface area contributed by atoms with Crippen molar-refractivity contribution < 1.29 is 4.74 Å². The number of hydrogen-bond donors (Lipinski definition) is 0. The maximum Gasteiger partial charge on any atom is 0.109 e. The Labute approximate surface area is 70.9 Å². The highest BCUT2D eigenvalue weighted by molar-refractivity contribution is 6.11. The first kappa shape index (κ1) is 9.12. The van der Waals surface area contributed by atoms with Crippen LogP contribution in [0.3, 0.4) is 0 Å². The lowest BCUT2D eigenvalue weighted by atomic mass is 9.96. The van der Waals surface area contributed by atoms with Crippen molar-refractivity contribution >= 4 is 7.85 Å². The predicted molar refractivity (Wildman–Crippen MR) is 47.7 cm³/mol. The second-order valence-corrected chi connectivity index (χ2v) is 3.62. The smallest absolute Gasteiger partial charge is 0.109 e. The summed E-state index contributed by atoms with van der Waals surface area (Å²) < 4.78 is 5.51. The SMILES string of the molecule is [B][C@H]1CC[C@@H](CC(C)CC)O1. The van der Waals surface area contributed by atoms with Gasteiger partial charge in [0.05, 0.1) is 6.10 Å². The van der Waals surface area contributed by atoms with Gasteiger partial charge in [-0.2, -0.15) is 0 Å². The van der Waals surface area contributed by atoms with Crippen molar-refractivity contribution in [3.8, 4) is 0 Å². The van der Waals surface area contributed by atoms with E-state index in [0.717, 1.165) is 18.8 Å². The average molecular weight is 152 g/mol. The number of ether oxygens (including phenoxy) is 1. The van der Waals surface area contributed by atoms with Gasteiger partial charge in [0.25, 0.3) is 0 Å². The van der Waals surface area contributed by atoms with Gasteiger partial charge in [0, 0.05) is 6.00 Å². The van der Waals surface area contributed by atoms with Gasteiger partial charge in [-0.25, -0.2) is 0 Å². The van der Waals surface area contributed by atoms with Gasteiger partial charge in [-0.1, -0.05) is 20.3 Å². The molecule has 11 heavy (non-hydrogen) atoms. The highest BCUT2D eigenvalue weighted by atomic mass is 16.5. The summed E-state index contributed by atoms with van der Waals surface area (Å²) in [7, 11) is 5.62. The van der Waals surface area contributed by atoms with Crippen molar-refractivity contribution in [3.05, 3.63) is 0 Å². The summed E-state index contributed by atoms with van der Waals surface area (Å²) in [6.07, 6.45) is 5.08. The van der Waals surface area contributed by atoms with E-state index >= 15 is 0 Å². The Morgan fingerprint density at radius 2 is 2.27 bits per heavy atom.